The van der Waals surface area contributed by atoms with Crippen molar-refractivity contribution < 1.29 is 23.8 Å². The molecule has 0 saturated carbocycles. The minimum atomic E-state index is -0.586. The minimum absolute atomic E-state index is 0.105. The van der Waals surface area contributed by atoms with E-state index in [1.54, 1.807) is 19.2 Å². The van der Waals surface area contributed by atoms with E-state index in [9.17, 15) is 9.59 Å². The van der Waals surface area contributed by atoms with Crippen LogP contribution in [0.15, 0.2) is 48.7 Å². The Morgan fingerprint density at radius 3 is 2.48 bits per heavy atom. The SMILES string of the molecule is COCCOc1ccc(NC(=O)NCC(C(=O)OC)c2ccccc2)cn1. The Morgan fingerprint density at radius 2 is 1.85 bits per heavy atom. The Labute approximate surface area is 157 Å². The van der Waals surface area contributed by atoms with Crippen LogP contribution in [0.5, 0.6) is 5.88 Å². The van der Waals surface area contributed by atoms with Gasteiger partial charge < -0.3 is 24.8 Å². The molecule has 0 radical (unpaired) electrons. The lowest BCUT2D eigenvalue weighted by Crippen LogP contribution is -2.35. The Hall–Kier alpha value is -3.13. The van der Waals surface area contributed by atoms with E-state index in [4.69, 9.17) is 14.2 Å². The maximum absolute atomic E-state index is 12.1. The monoisotopic (exact) mass is 373 g/mol. The number of nitrogens with zero attached hydrogens (tertiary/aromatic N) is 1. The van der Waals surface area contributed by atoms with E-state index in [1.807, 2.05) is 30.3 Å². The second-order valence-electron chi connectivity index (χ2n) is 5.55. The normalized spacial score (nSPS) is 11.3. The van der Waals surface area contributed by atoms with Gasteiger partial charge in [-0.15, -0.1) is 0 Å². The number of nitrogens with one attached hydrogen (secondary N) is 2. The highest BCUT2D eigenvalue weighted by Gasteiger charge is 2.22. The first-order valence-corrected chi connectivity index (χ1v) is 8.39. The highest BCUT2D eigenvalue weighted by Crippen LogP contribution is 2.16. The summed E-state index contributed by atoms with van der Waals surface area (Å²) in [5.41, 5.74) is 1.27. The number of carbonyl (C=O) groups excluding carboxylic acids is 2. The fourth-order valence-corrected chi connectivity index (χ4v) is 2.30. The van der Waals surface area contributed by atoms with Crippen LogP contribution in [0.1, 0.15) is 11.5 Å². The second-order valence-corrected chi connectivity index (χ2v) is 5.55. The molecule has 2 aromatic rings. The van der Waals surface area contributed by atoms with E-state index < -0.39 is 17.9 Å². The highest BCUT2D eigenvalue weighted by molar-refractivity contribution is 5.89. The summed E-state index contributed by atoms with van der Waals surface area (Å²) in [5, 5.41) is 5.33. The van der Waals surface area contributed by atoms with Gasteiger partial charge in [0.25, 0.3) is 0 Å². The van der Waals surface area contributed by atoms with Crippen molar-refractivity contribution in [3.8, 4) is 5.88 Å². The largest absolute Gasteiger partial charge is 0.475 e. The summed E-state index contributed by atoms with van der Waals surface area (Å²) in [6.45, 7) is 0.964. The van der Waals surface area contributed by atoms with Gasteiger partial charge in [0.05, 0.1) is 31.5 Å². The first kappa shape index (κ1) is 20.2. The zero-order valence-corrected chi connectivity index (χ0v) is 15.3. The Balaban J connectivity index is 1.87. The quantitative estimate of drug-likeness (QED) is 0.516. The molecule has 0 fully saturated rings. The fraction of sp³-hybridized carbons (Fsp3) is 0.316. The predicted octanol–water partition coefficient (Wildman–Crippen LogP) is 2.19. The number of pyridine rings is 1. The predicted molar refractivity (Wildman–Crippen MR) is 99.8 cm³/mol. The Bertz CT molecular complexity index is 722. The molecule has 1 unspecified atom stereocenters. The number of benzene rings is 1. The van der Waals surface area contributed by atoms with Crippen molar-refractivity contribution in [3.63, 3.8) is 0 Å². The van der Waals surface area contributed by atoms with Gasteiger partial charge in [-0.05, 0) is 11.6 Å². The molecule has 0 saturated heterocycles. The number of anilines is 1. The molecule has 8 heteroatoms. The lowest BCUT2D eigenvalue weighted by atomic mass is 9.99. The molecule has 144 valence electrons. The summed E-state index contributed by atoms with van der Waals surface area (Å²) in [6.07, 6.45) is 1.48. The molecule has 0 bridgehead atoms. The fourth-order valence-electron chi connectivity index (χ4n) is 2.30. The van der Waals surface area contributed by atoms with E-state index >= 15 is 0 Å². The summed E-state index contributed by atoms with van der Waals surface area (Å²) in [7, 11) is 2.91. The maximum Gasteiger partial charge on any atom is 0.319 e. The smallest absolute Gasteiger partial charge is 0.319 e. The molecule has 1 atom stereocenters. The first-order chi connectivity index (χ1) is 13.1. The van der Waals surface area contributed by atoms with Gasteiger partial charge in [0, 0.05) is 19.7 Å². The lowest BCUT2D eigenvalue weighted by molar-refractivity contribution is -0.142. The number of urea groups is 1. The lowest BCUT2D eigenvalue weighted by Gasteiger charge is -2.16. The second kappa shape index (κ2) is 10.8. The molecule has 0 aliphatic heterocycles. The number of esters is 1. The molecule has 0 spiro atoms. The summed E-state index contributed by atoms with van der Waals surface area (Å²) in [6, 6.07) is 12.0. The van der Waals surface area contributed by atoms with Gasteiger partial charge >= 0.3 is 12.0 Å². The van der Waals surface area contributed by atoms with E-state index in [0.717, 1.165) is 5.56 Å². The van der Waals surface area contributed by atoms with Crippen molar-refractivity contribution in [2.45, 2.75) is 5.92 Å². The van der Waals surface area contributed by atoms with E-state index in [-0.39, 0.29) is 6.54 Å². The van der Waals surface area contributed by atoms with Crippen LogP contribution in [0.4, 0.5) is 10.5 Å². The number of amides is 2. The van der Waals surface area contributed by atoms with Crippen LogP contribution in [0.3, 0.4) is 0 Å². The average molecular weight is 373 g/mol. The average Bonchev–Trinajstić information content (AvgIpc) is 2.70. The van der Waals surface area contributed by atoms with Crippen LogP contribution < -0.4 is 15.4 Å². The maximum atomic E-state index is 12.1. The third kappa shape index (κ3) is 6.59. The number of carbonyl (C=O) groups is 2. The van der Waals surface area contributed by atoms with E-state index in [2.05, 4.69) is 15.6 Å². The summed E-state index contributed by atoms with van der Waals surface area (Å²) in [5.74, 6) is -0.565. The molecule has 0 aliphatic rings. The third-order valence-electron chi connectivity index (χ3n) is 3.69. The number of methoxy groups -OCH3 is 2. The van der Waals surface area contributed by atoms with Crippen molar-refractivity contribution in [2.75, 3.05) is 39.3 Å². The molecule has 8 nitrogen and oxygen atoms in total. The molecule has 27 heavy (non-hydrogen) atoms. The molecule has 1 heterocycles. The van der Waals surface area contributed by atoms with Gasteiger partial charge in [0.15, 0.2) is 0 Å². The van der Waals surface area contributed by atoms with Crippen molar-refractivity contribution in [1.29, 1.82) is 0 Å². The molecule has 1 aromatic heterocycles. The van der Waals surface area contributed by atoms with Crippen LogP contribution >= 0.6 is 0 Å². The van der Waals surface area contributed by atoms with Crippen LogP contribution in [0.2, 0.25) is 0 Å². The van der Waals surface area contributed by atoms with Crippen LogP contribution in [0.25, 0.3) is 0 Å². The molecule has 1 aromatic carbocycles. The first-order valence-electron chi connectivity index (χ1n) is 8.39. The molecular formula is C19H23N3O5. The topological polar surface area (TPSA) is 98.8 Å². The van der Waals surface area contributed by atoms with Gasteiger partial charge in [-0.25, -0.2) is 9.78 Å². The molecule has 2 N–H and O–H groups in total. The Kier molecular flexibility index (Phi) is 8.05. The van der Waals surface area contributed by atoms with E-state index in [0.29, 0.717) is 24.8 Å². The van der Waals surface area contributed by atoms with Gasteiger partial charge in [-0.2, -0.15) is 0 Å². The number of aromatic nitrogens is 1. The van der Waals surface area contributed by atoms with Crippen molar-refractivity contribution >= 4 is 17.7 Å². The van der Waals surface area contributed by atoms with Gasteiger partial charge in [0.1, 0.15) is 6.61 Å². The molecule has 2 rings (SSSR count). The molecular weight excluding hydrogens is 350 g/mol. The number of hydrogen-bond donors (Lipinski definition) is 2. The van der Waals surface area contributed by atoms with Gasteiger partial charge in [-0.3, -0.25) is 4.79 Å². The van der Waals surface area contributed by atoms with Crippen molar-refractivity contribution in [1.82, 2.24) is 10.3 Å². The van der Waals surface area contributed by atoms with Crippen LogP contribution in [-0.2, 0) is 14.3 Å². The standard InChI is InChI=1S/C19H23N3O5/c1-25-10-11-27-17-9-8-15(12-20-17)22-19(24)21-13-16(18(23)26-2)14-6-4-3-5-7-14/h3-9,12,16H,10-11,13H2,1-2H3,(H2,21,22,24). The van der Waals surface area contributed by atoms with Gasteiger partial charge in [-0.1, -0.05) is 30.3 Å². The van der Waals surface area contributed by atoms with Gasteiger partial charge in [0.2, 0.25) is 5.88 Å². The molecule has 2 amide bonds. The van der Waals surface area contributed by atoms with Crippen molar-refractivity contribution in [2.24, 2.45) is 0 Å². The zero-order valence-electron chi connectivity index (χ0n) is 15.3. The van der Waals surface area contributed by atoms with Crippen LogP contribution in [0, 0.1) is 0 Å². The third-order valence-corrected chi connectivity index (χ3v) is 3.69. The number of ether oxygens (including phenoxy) is 3. The summed E-state index contributed by atoms with van der Waals surface area (Å²) in [4.78, 5) is 28.2. The number of hydrogen-bond acceptors (Lipinski definition) is 6. The zero-order chi connectivity index (χ0) is 19.5. The molecule has 0 aliphatic carbocycles. The number of rotatable bonds is 9. The highest BCUT2D eigenvalue weighted by atomic mass is 16.5. The summed E-state index contributed by atoms with van der Waals surface area (Å²) >= 11 is 0. The van der Waals surface area contributed by atoms with E-state index in [1.165, 1.54) is 13.3 Å². The minimum Gasteiger partial charge on any atom is -0.475 e. The van der Waals surface area contributed by atoms with Crippen LogP contribution in [-0.4, -0.2) is 51.0 Å². The summed E-state index contributed by atoms with van der Waals surface area (Å²) < 4.78 is 15.1. The Morgan fingerprint density at radius 1 is 1.07 bits per heavy atom. The van der Waals surface area contributed by atoms with Crippen molar-refractivity contribution in [3.05, 3.63) is 54.2 Å².